The molecule has 1 saturated carbocycles. The van der Waals surface area contributed by atoms with Gasteiger partial charge < -0.3 is 10.1 Å². The first-order valence-electron chi connectivity index (χ1n) is 7.84. The van der Waals surface area contributed by atoms with Gasteiger partial charge in [-0.25, -0.2) is 0 Å². The first-order valence-corrected chi connectivity index (χ1v) is 7.84. The molecule has 1 fully saturated rings. The fraction of sp³-hybridized carbons (Fsp3) is 0.667. The molecule has 3 atom stereocenters. The Hall–Kier alpha value is -0.860. The number of nitrogens with one attached hydrogen (secondary N) is 1. The van der Waals surface area contributed by atoms with Crippen molar-refractivity contribution in [2.75, 3.05) is 13.7 Å². The summed E-state index contributed by atoms with van der Waals surface area (Å²) < 4.78 is 6.23. The van der Waals surface area contributed by atoms with Crippen LogP contribution < -0.4 is 5.32 Å². The molecule has 20 heavy (non-hydrogen) atoms. The van der Waals surface area contributed by atoms with Crippen LogP contribution in [0.5, 0.6) is 0 Å². The van der Waals surface area contributed by atoms with Gasteiger partial charge in [-0.05, 0) is 43.2 Å². The van der Waals surface area contributed by atoms with Crippen molar-refractivity contribution in [1.29, 1.82) is 0 Å². The summed E-state index contributed by atoms with van der Waals surface area (Å²) in [5.74, 6) is 0.772. The van der Waals surface area contributed by atoms with Gasteiger partial charge in [-0.3, -0.25) is 0 Å². The Balaban J connectivity index is 1.90. The fourth-order valence-corrected chi connectivity index (χ4v) is 3.65. The summed E-state index contributed by atoms with van der Waals surface area (Å²) in [7, 11) is 2.01. The molecular formula is C18H29NO. The summed E-state index contributed by atoms with van der Waals surface area (Å²) in [5.41, 5.74) is 1.72. The van der Waals surface area contributed by atoms with Crippen LogP contribution in [0.2, 0.25) is 0 Å². The van der Waals surface area contributed by atoms with Gasteiger partial charge in [0.15, 0.2) is 0 Å². The molecule has 0 aliphatic heterocycles. The maximum absolute atomic E-state index is 6.23. The zero-order valence-electron chi connectivity index (χ0n) is 13.4. The van der Waals surface area contributed by atoms with Gasteiger partial charge in [-0.15, -0.1) is 0 Å². The van der Waals surface area contributed by atoms with E-state index in [4.69, 9.17) is 4.74 Å². The predicted octanol–water partition coefficient (Wildman–Crippen LogP) is 4.18. The Bertz CT molecular complexity index is 401. The topological polar surface area (TPSA) is 21.3 Å². The van der Waals surface area contributed by atoms with E-state index in [1.165, 1.54) is 24.8 Å². The predicted molar refractivity (Wildman–Crippen MR) is 84.8 cm³/mol. The molecule has 3 unspecified atom stereocenters. The quantitative estimate of drug-likeness (QED) is 0.870. The zero-order valence-corrected chi connectivity index (χ0v) is 13.4. The summed E-state index contributed by atoms with van der Waals surface area (Å²) >= 11 is 0. The first-order chi connectivity index (χ1) is 9.50. The van der Waals surface area contributed by atoms with E-state index in [2.05, 4.69) is 56.4 Å². The number of hydrogen-bond donors (Lipinski definition) is 1. The Morgan fingerprint density at radius 2 is 1.95 bits per heavy atom. The maximum Gasteiger partial charge on any atom is 0.0665 e. The highest BCUT2D eigenvalue weighted by molar-refractivity contribution is 5.18. The SMILES string of the molecule is CNC(COC1CC(C)CC(C)(C)C1)c1ccccc1. The maximum atomic E-state index is 6.23. The van der Waals surface area contributed by atoms with Gasteiger partial charge in [0.2, 0.25) is 0 Å². The molecule has 0 heterocycles. The van der Waals surface area contributed by atoms with Crippen LogP contribution in [-0.2, 0) is 4.74 Å². The second-order valence-electron chi connectivity index (χ2n) is 7.12. The molecule has 2 rings (SSSR count). The highest BCUT2D eigenvalue weighted by Crippen LogP contribution is 2.39. The van der Waals surface area contributed by atoms with Crippen molar-refractivity contribution in [3.05, 3.63) is 35.9 Å². The monoisotopic (exact) mass is 275 g/mol. The third-order valence-corrected chi connectivity index (χ3v) is 4.40. The molecule has 1 aromatic carbocycles. The minimum atomic E-state index is 0.288. The van der Waals surface area contributed by atoms with Crippen molar-refractivity contribution in [3.63, 3.8) is 0 Å². The third kappa shape index (κ3) is 4.32. The van der Waals surface area contributed by atoms with Gasteiger partial charge in [0.05, 0.1) is 18.8 Å². The summed E-state index contributed by atoms with van der Waals surface area (Å²) in [6.07, 6.45) is 4.12. The lowest BCUT2D eigenvalue weighted by Gasteiger charge is -2.39. The highest BCUT2D eigenvalue weighted by atomic mass is 16.5. The van der Waals surface area contributed by atoms with E-state index in [0.29, 0.717) is 11.5 Å². The zero-order chi connectivity index (χ0) is 14.6. The molecule has 112 valence electrons. The Morgan fingerprint density at radius 3 is 2.55 bits per heavy atom. The van der Waals surface area contributed by atoms with Gasteiger partial charge >= 0.3 is 0 Å². The number of hydrogen-bond acceptors (Lipinski definition) is 2. The molecule has 1 aliphatic carbocycles. The number of rotatable bonds is 5. The highest BCUT2D eigenvalue weighted by Gasteiger charge is 2.32. The van der Waals surface area contributed by atoms with E-state index in [0.717, 1.165) is 12.5 Å². The molecule has 1 N–H and O–H groups in total. The van der Waals surface area contributed by atoms with Crippen LogP contribution in [0.4, 0.5) is 0 Å². The second-order valence-corrected chi connectivity index (χ2v) is 7.12. The molecule has 2 heteroatoms. The van der Waals surface area contributed by atoms with E-state index in [1.807, 2.05) is 7.05 Å². The second kappa shape index (κ2) is 6.73. The Labute approximate surface area is 123 Å². The van der Waals surface area contributed by atoms with E-state index >= 15 is 0 Å². The van der Waals surface area contributed by atoms with Crippen molar-refractivity contribution in [2.24, 2.45) is 11.3 Å². The lowest BCUT2D eigenvalue weighted by molar-refractivity contribution is -0.0303. The average Bonchev–Trinajstić information content (AvgIpc) is 2.38. The van der Waals surface area contributed by atoms with Crippen LogP contribution in [0, 0.1) is 11.3 Å². The standard InChI is InChI=1S/C18H29NO/c1-14-10-16(12-18(2,3)11-14)20-13-17(19-4)15-8-6-5-7-9-15/h5-9,14,16-17,19H,10-13H2,1-4H3. The van der Waals surface area contributed by atoms with Crippen molar-refractivity contribution in [2.45, 2.75) is 52.2 Å². The lowest BCUT2D eigenvalue weighted by atomic mass is 9.71. The number of benzene rings is 1. The summed E-state index contributed by atoms with van der Waals surface area (Å²) in [5, 5.41) is 3.36. The van der Waals surface area contributed by atoms with Crippen LogP contribution in [0.3, 0.4) is 0 Å². The fourth-order valence-electron chi connectivity index (χ4n) is 3.65. The normalized spacial score (nSPS) is 27.2. The minimum absolute atomic E-state index is 0.288. The van der Waals surface area contributed by atoms with E-state index in [-0.39, 0.29) is 6.04 Å². The summed E-state index contributed by atoms with van der Waals surface area (Å²) in [4.78, 5) is 0. The summed E-state index contributed by atoms with van der Waals surface area (Å²) in [6.45, 7) is 7.84. The molecule has 0 amide bonds. The molecular weight excluding hydrogens is 246 g/mol. The molecule has 0 bridgehead atoms. The van der Waals surface area contributed by atoms with Gasteiger partial charge in [0.1, 0.15) is 0 Å². The summed E-state index contributed by atoms with van der Waals surface area (Å²) in [6, 6.07) is 10.9. The third-order valence-electron chi connectivity index (χ3n) is 4.40. The molecule has 1 aromatic rings. The lowest BCUT2D eigenvalue weighted by Crippen LogP contribution is -2.34. The Kier molecular flexibility index (Phi) is 5.22. The van der Waals surface area contributed by atoms with E-state index in [9.17, 15) is 0 Å². The van der Waals surface area contributed by atoms with E-state index in [1.54, 1.807) is 0 Å². The number of ether oxygens (including phenoxy) is 1. The minimum Gasteiger partial charge on any atom is -0.376 e. The van der Waals surface area contributed by atoms with Crippen LogP contribution in [0.15, 0.2) is 30.3 Å². The molecule has 0 radical (unpaired) electrons. The first kappa shape index (κ1) is 15.5. The Morgan fingerprint density at radius 1 is 1.25 bits per heavy atom. The van der Waals surface area contributed by atoms with Crippen molar-refractivity contribution in [3.8, 4) is 0 Å². The van der Waals surface area contributed by atoms with Crippen molar-refractivity contribution in [1.82, 2.24) is 5.32 Å². The molecule has 1 aliphatic rings. The average molecular weight is 275 g/mol. The van der Waals surface area contributed by atoms with Crippen molar-refractivity contribution >= 4 is 0 Å². The molecule has 0 spiro atoms. The van der Waals surface area contributed by atoms with Crippen LogP contribution >= 0.6 is 0 Å². The van der Waals surface area contributed by atoms with Gasteiger partial charge in [0.25, 0.3) is 0 Å². The van der Waals surface area contributed by atoms with Crippen LogP contribution in [0.25, 0.3) is 0 Å². The molecule has 0 saturated heterocycles. The molecule has 0 aromatic heterocycles. The number of likely N-dealkylation sites (N-methyl/N-ethyl adjacent to an activating group) is 1. The van der Waals surface area contributed by atoms with Crippen molar-refractivity contribution < 1.29 is 4.74 Å². The van der Waals surface area contributed by atoms with Gasteiger partial charge in [-0.2, -0.15) is 0 Å². The molecule has 2 nitrogen and oxygen atoms in total. The van der Waals surface area contributed by atoms with E-state index < -0.39 is 0 Å². The largest absolute Gasteiger partial charge is 0.376 e. The smallest absolute Gasteiger partial charge is 0.0665 e. The van der Waals surface area contributed by atoms with Gasteiger partial charge in [0, 0.05) is 0 Å². The van der Waals surface area contributed by atoms with Crippen LogP contribution in [-0.4, -0.2) is 19.8 Å². The van der Waals surface area contributed by atoms with Gasteiger partial charge in [-0.1, -0.05) is 51.1 Å². The van der Waals surface area contributed by atoms with Crippen LogP contribution in [0.1, 0.15) is 51.6 Å².